The summed E-state index contributed by atoms with van der Waals surface area (Å²) < 4.78 is 5.13. The molecule has 0 radical (unpaired) electrons. The predicted molar refractivity (Wildman–Crippen MR) is 82.5 cm³/mol. The number of carbonyl (C=O) groups is 1. The molecule has 0 aromatic heterocycles. The molecule has 1 aliphatic rings. The minimum Gasteiger partial charge on any atom is -0.386 e. The highest BCUT2D eigenvalue weighted by molar-refractivity contribution is 5.89. The first-order chi connectivity index (χ1) is 9.78. The number of nitrogens with one attached hydrogen (secondary N) is 2. The molecular weight excluding hydrogens is 268 g/mol. The second kappa shape index (κ2) is 6.03. The molecule has 5 nitrogen and oxygen atoms in total. The fourth-order valence-electron chi connectivity index (χ4n) is 2.21. The molecule has 1 heterocycles. The van der Waals surface area contributed by atoms with Crippen LogP contribution in [0.3, 0.4) is 0 Å². The van der Waals surface area contributed by atoms with Gasteiger partial charge in [0.25, 0.3) is 0 Å². The van der Waals surface area contributed by atoms with E-state index in [0.29, 0.717) is 13.0 Å². The van der Waals surface area contributed by atoms with E-state index in [1.54, 1.807) is 0 Å². The zero-order valence-corrected chi connectivity index (χ0v) is 12.9. The Morgan fingerprint density at radius 3 is 2.52 bits per heavy atom. The smallest absolute Gasteiger partial charge is 0.319 e. The zero-order valence-electron chi connectivity index (χ0n) is 12.9. The molecule has 1 saturated heterocycles. The average molecular weight is 292 g/mol. The number of benzene rings is 1. The molecule has 0 unspecified atom stereocenters. The lowest BCUT2D eigenvalue weighted by Gasteiger charge is -2.21. The van der Waals surface area contributed by atoms with Crippen LogP contribution in [0.4, 0.5) is 10.5 Å². The fourth-order valence-corrected chi connectivity index (χ4v) is 2.21. The molecule has 2 rings (SSSR count). The molecule has 0 saturated carbocycles. The van der Waals surface area contributed by atoms with Crippen molar-refractivity contribution in [3.63, 3.8) is 0 Å². The third kappa shape index (κ3) is 4.44. The average Bonchev–Trinajstić information content (AvgIpc) is 2.84. The van der Waals surface area contributed by atoms with Crippen LogP contribution < -0.4 is 10.6 Å². The van der Waals surface area contributed by atoms with E-state index in [2.05, 4.69) is 31.4 Å². The van der Waals surface area contributed by atoms with Crippen molar-refractivity contribution in [2.24, 2.45) is 0 Å². The number of carbonyl (C=O) groups excluding carboxylic acids is 1. The van der Waals surface area contributed by atoms with Crippen molar-refractivity contribution in [3.05, 3.63) is 29.8 Å². The van der Waals surface area contributed by atoms with Gasteiger partial charge >= 0.3 is 6.03 Å². The highest BCUT2D eigenvalue weighted by Gasteiger charge is 2.32. The molecular formula is C16H24N2O3. The molecule has 1 aromatic rings. The number of urea groups is 1. The predicted octanol–water partition coefficient (Wildman–Crippen LogP) is 2.26. The number of hydrogen-bond acceptors (Lipinski definition) is 3. The molecule has 2 amide bonds. The van der Waals surface area contributed by atoms with E-state index in [9.17, 15) is 9.90 Å². The van der Waals surface area contributed by atoms with E-state index < -0.39 is 5.60 Å². The molecule has 0 aliphatic carbocycles. The number of anilines is 1. The van der Waals surface area contributed by atoms with Crippen molar-refractivity contribution in [2.75, 3.05) is 25.1 Å². The van der Waals surface area contributed by atoms with Gasteiger partial charge in [-0.25, -0.2) is 4.79 Å². The third-order valence-electron chi connectivity index (χ3n) is 3.67. The van der Waals surface area contributed by atoms with E-state index in [-0.39, 0.29) is 24.6 Å². The van der Waals surface area contributed by atoms with Crippen molar-refractivity contribution in [1.82, 2.24) is 5.32 Å². The lowest BCUT2D eigenvalue weighted by atomic mass is 9.87. The maximum atomic E-state index is 11.8. The number of aliphatic hydroxyl groups is 1. The molecule has 1 aromatic carbocycles. The van der Waals surface area contributed by atoms with Crippen molar-refractivity contribution >= 4 is 11.7 Å². The van der Waals surface area contributed by atoms with Crippen LogP contribution in [0.15, 0.2) is 24.3 Å². The van der Waals surface area contributed by atoms with Gasteiger partial charge in [0, 0.05) is 18.7 Å². The summed E-state index contributed by atoms with van der Waals surface area (Å²) in [6.45, 7) is 7.44. The quantitative estimate of drug-likeness (QED) is 0.800. The third-order valence-corrected chi connectivity index (χ3v) is 3.67. The Morgan fingerprint density at radius 1 is 1.33 bits per heavy atom. The van der Waals surface area contributed by atoms with Crippen molar-refractivity contribution < 1.29 is 14.6 Å². The van der Waals surface area contributed by atoms with Gasteiger partial charge in [0.2, 0.25) is 0 Å². The Morgan fingerprint density at radius 2 is 2.00 bits per heavy atom. The fraction of sp³-hybridized carbons (Fsp3) is 0.562. The van der Waals surface area contributed by atoms with E-state index >= 15 is 0 Å². The van der Waals surface area contributed by atoms with E-state index in [1.165, 1.54) is 5.56 Å². The SMILES string of the molecule is CC(C)(C)c1ccc(NC(=O)NC[C@]2(O)CCOC2)cc1. The van der Waals surface area contributed by atoms with Crippen LogP contribution in [0.25, 0.3) is 0 Å². The van der Waals surface area contributed by atoms with Gasteiger partial charge in [0.15, 0.2) is 0 Å². The molecule has 1 aliphatic heterocycles. The number of rotatable bonds is 3. The summed E-state index contributed by atoms with van der Waals surface area (Å²) in [5.41, 5.74) is 1.10. The van der Waals surface area contributed by atoms with Crippen LogP contribution >= 0.6 is 0 Å². The molecule has 3 N–H and O–H groups in total. The van der Waals surface area contributed by atoms with Crippen molar-refractivity contribution in [2.45, 2.75) is 38.2 Å². The molecule has 116 valence electrons. The normalized spacial score (nSPS) is 22.1. The van der Waals surface area contributed by atoms with Gasteiger partial charge in [-0.3, -0.25) is 0 Å². The first kappa shape index (κ1) is 15.8. The van der Waals surface area contributed by atoms with E-state index in [1.807, 2.05) is 24.3 Å². The van der Waals surface area contributed by atoms with Crippen LogP contribution in [-0.2, 0) is 10.2 Å². The molecule has 5 heteroatoms. The van der Waals surface area contributed by atoms with Gasteiger partial charge in [0.1, 0.15) is 5.60 Å². The summed E-state index contributed by atoms with van der Waals surface area (Å²) in [6, 6.07) is 7.46. The molecule has 1 fully saturated rings. The van der Waals surface area contributed by atoms with Crippen LogP contribution in [-0.4, -0.2) is 36.5 Å². The number of amides is 2. The first-order valence-corrected chi connectivity index (χ1v) is 7.24. The second-order valence-electron chi connectivity index (χ2n) is 6.66. The first-order valence-electron chi connectivity index (χ1n) is 7.24. The Hall–Kier alpha value is -1.59. The van der Waals surface area contributed by atoms with Gasteiger partial charge in [-0.15, -0.1) is 0 Å². The van der Waals surface area contributed by atoms with E-state index in [4.69, 9.17) is 4.74 Å². The largest absolute Gasteiger partial charge is 0.386 e. The van der Waals surface area contributed by atoms with Crippen LogP contribution in [0.2, 0.25) is 0 Å². The lowest BCUT2D eigenvalue weighted by molar-refractivity contribution is 0.0295. The molecule has 0 spiro atoms. The van der Waals surface area contributed by atoms with Crippen LogP contribution in [0.1, 0.15) is 32.8 Å². The maximum absolute atomic E-state index is 11.8. The number of ether oxygens (including phenoxy) is 1. The van der Waals surface area contributed by atoms with Gasteiger partial charge in [0.05, 0.1) is 13.2 Å². The summed E-state index contributed by atoms with van der Waals surface area (Å²) in [5, 5.41) is 15.5. The van der Waals surface area contributed by atoms with Crippen molar-refractivity contribution in [3.8, 4) is 0 Å². The zero-order chi connectivity index (χ0) is 15.5. The van der Waals surface area contributed by atoms with Gasteiger partial charge in [-0.05, 0) is 23.1 Å². The van der Waals surface area contributed by atoms with Crippen LogP contribution in [0, 0.1) is 0 Å². The summed E-state index contributed by atoms with van der Waals surface area (Å²) in [5.74, 6) is 0. The molecule has 21 heavy (non-hydrogen) atoms. The lowest BCUT2D eigenvalue weighted by Crippen LogP contribution is -2.44. The Kier molecular flexibility index (Phi) is 4.54. The maximum Gasteiger partial charge on any atom is 0.319 e. The standard InChI is InChI=1S/C16H24N2O3/c1-15(2,3)12-4-6-13(7-5-12)18-14(19)17-10-16(20)8-9-21-11-16/h4-7,20H,8-11H2,1-3H3,(H2,17,18,19)/t16-/m1/s1. The Bertz CT molecular complexity index is 485. The summed E-state index contributed by atoms with van der Waals surface area (Å²) in [4.78, 5) is 11.8. The summed E-state index contributed by atoms with van der Waals surface area (Å²) >= 11 is 0. The molecule has 0 bridgehead atoms. The highest BCUT2D eigenvalue weighted by atomic mass is 16.5. The van der Waals surface area contributed by atoms with Crippen molar-refractivity contribution in [1.29, 1.82) is 0 Å². The summed E-state index contributed by atoms with van der Waals surface area (Å²) in [6.07, 6.45) is 0.549. The summed E-state index contributed by atoms with van der Waals surface area (Å²) in [7, 11) is 0. The molecule has 1 atom stereocenters. The topological polar surface area (TPSA) is 70.6 Å². The Balaban J connectivity index is 1.85. The van der Waals surface area contributed by atoms with Gasteiger partial charge < -0.3 is 20.5 Å². The number of hydrogen-bond donors (Lipinski definition) is 3. The Labute approximate surface area is 125 Å². The van der Waals surface area contributed by atoms with Gasteiger partial charge in [-0.1, -0.05) is 32.9 Å². The second-order valence-corrected chi connectivity index (χ2v) is 6.66. The van der Waals surface area contributed by atoms with Crippen LogP contribution in [0.5, 0.6) is 0 Å². The van der Waals surface area contributed by atoms with Gasteiger partial charge in [-0.2, -0.15) is 0 Å². The highest BCUT2D eigenvalue weighted by Crippen LogP contribution is 2.23. The minimum absolute atomic E-state index is 0.0898. The monoisotopic (exact) mass is 292 g/mol. The van der Waals surface area contributed by atoms with E-state index in [0.717, 1.165) is 5.69 Å². The minimum atomic E-state index is -0.937.